The van der Waals surface area contributed by atoms with Gasteiger partial charge in [-0.1, -0.05) is 12.1 Å². The third kappa shape index (κ3) is 2.47. The van der Waals surface area contributed by atoms with Crippen LogP contribution in [0.25, 0.3) is 0 Å². The molecule has 0 radical (unpaired) electrons. The van der Waals surface area contributed by atoms with Gasteiger partial charge in [0.25, 0.3) is 0 Å². The minimum atomic E-state index is 0.796. The maximum Gasteiger partial charge on any atom is 0.0596 e. The molecule has 2 rings (SSSR count). The minimum absolute atomic E-state index is 0.796. The molecule has 0 aliphatic carbocycles. The van der Waals surface area contributed by atoms with Crippen LogP contribution in [0.1, 0.15) is 11.3 Å². The Bertz CT molecular complexity index is 528. The first-order valence-electron chi connectivity index (χ1n) is 6.07. The molecule has 1 aromatic heterocycles. The third-order valence-corrected chi connectivity index (χ3v) is 3.19. The van der Waals surface area contributed by atoms with Gasteiger partial charge in [-0.2, -0.15) is 5.10 Å². The maximum atomic E-state index is 4.25. The van der Waals surface area contributed by atoms with E-state index in [0.29, 0.717) is 0 Å². The van der Waals surface area contributed by atoms with Crippen LogP contribution in [0.3, 0.4) is 0 Å². The summed E-state index contributed by atoms with van der Waals surface area (Å²) in [5, 5.41) is 7.72. The number of hydrogen-bond donors (Lipinski definition) is 1. The minimum Gasteiger partial charge on any atom is -0.379 e. The number of hydrogen-bond acceptors (Lipinski definition) is 3. The Morgan fingerprint density at radius 1 is 1.28 bits per heavy atom. The lowest BCUT2D eigenvalue weighted by Crippen LogP contribution is -2.12. The highest BCUT2D eigenvalue weighted by atomic mass is 15.3. The summed E-state index contributed by atoms with van der Waals surface area (Å²) in [6, 6.07) is 8.31. The van der Waals surface area contributed by atoms with Gasteiger partial charge in [0, 0.05) is 38.9 Å². The number of rotatable bonds is 4. The Labute approximate surface area is 108 Å². The van der Waals surface area contributed by atoms with Gasteiger partial charge in [-0.05, 0) is 19.1 Å². The summed E-state index contributed by atoms with van der Waals surface area (Å²) in [6.45, 7) is 2.88. The van der Waals surface area contributed by atoms with E-state index in [1.54, 1.807) is 0 Å². The van der Waals surface area contributed by atoms with E-state index in [-0.39, 0.29) is 0 Å². The van der Waals surface area contributed by atoms with Crippen LogP contribution in [0.2, 0.25) is 0 Å². The van der Waals surface area contributed by atoms with Gasteiger partial charge in [0.05, 0.1) is 17.6 Å². The van der Waals surface area contributed by atoms with Crippen molar-refractivity contribution in [3.8, 4) is 0 Å². The summed E-state index contributed by atoms with van der Waals surface area (Å²) in [5.74, 6) is 0. The number of aryl methyl sites for hydroxylation is 1. The number of nitrogens with one attached hydrogen (secondary N) is 1. The molecule has 0 fully saturated rings. The van der Waals surface area contributed by atoms with Crippen LogP contribution < -0.4 is 10.2 Å². The molecule has 0 aliphatic heterocycles. The number of nitrogens with zero attached hydrogens (tertiary/aromatic N) is 3. The van der Waals surface area contributed by atoms with Gasteiger partial charge >= 0.3 is 0 Å². The molecule has 1 N–H and O–H groups in total. The summed E-state index contributed by atoms with van der Waals surface area (Å²) in [5.41, 5.74) is 4.76. The average molecular weight is 244 g/mol. The Morgan fingerprint density at radius 3 is 2.61 bits per heavy atom. The summed E-state index contributed by atoms with van der Waals surface area (Å²) in [7, 11) is 6.07. The number of anilines is 2. The van der Waals surface area contributed by atoms with E-state index in [0.717, 1.165) is 12.2 Å². The lowest BCUT2D eigenvalue weighted by molar-refractivity contribution is 0.738. The first kappa shape index (κ1) is 12.5. The third-order valence-electron chi connectivity index (χ3n) is 3.19. The molecule has 0 saturated heterocycles. The molecule has 0 spiro atoms. The van der Waals surface area contributed by atoms with Crippen LogP contribution in [-0.4, -0.2) is 23.9 Å². The van der Waals surface area contributed by atoms with Gasteiger partial charge in [0.1, 0.15) is 0 Å². The van der Waals surface area contributed by atoms with Gasteiger partial charge in [0.2, 0.25) is 0 Å². The molecule has 4 nitrogen and oxygen atoms in total. The maximum absolute atomic E-state index is 4.25. The van der Waals surface area contributed by atoms with E-state index in [1.807, 2.05) is 24.0 Å². The van der Waals surface area contributed by atoms with Gasteiger partial charge in [-0.25, -0.2) is 0 Å². The topological polar surface area (TPSA) is 33.1 Å². The molecule has 4 heteroatoms. The van der Waals surface area contributed by atoms with Gasteiger partial charge in [-0.15, -0.1) is 0 Å². The Morgan fingerprint density at radius 2 is 2.00 bits per heavy atom. The van der Waals surface area contributed by atoms with Gasteiger partial charge in [-0.3, -0.25) is 4.68 Å². The smallest absolute Gasteiger partial charge is 0.0596 e. The molecule has 0 saturated carbocycles. The van der Waals surface area contributed by atoms with E-state index in [1.165, 1.54) is 16.9 Å². The van der Waals surface area contributed by atoms with Crippen molar-refractivity contribution in [2.75, 3.05) is 24.3 Å². The van der Waals surface area contributed by atoms with Crippen molar-refractivity contribution in [3.63, 3.8) is 0 Å². The highest BCUT2D eigenvalue weighted by Gasteiger charge is 2.06. The van der Waals surface area contributed by atoms with E-state index in [2.05, 4.69) is 54.5 Å². The van der Waals surface area contributed by atoms with Crippen molar-refractivity contribution < 1.29 is 0 Å². The first-order chi connectivity index (χ1) is 8.59. The van der Waals surface area contributed by atoms with Crippen molar-refractivity contribution >= 4 is 11.4 Å². The fraction of sp³-hybridized carbons (Fsp3) is 0.357. The number of para-hydroxylation sites is 2. The molecule has 0 atom stereocenters. The van der Waals surface area contributed by atoms with Gasteiger partial charge in [0.15, 0.2) is 0 Å². The van der Waals surface area contributed by atoms with Crippen LogP contribution in [0.4, 0.5) is 11.4 Å². The first-order valence-corrected chi connectivity index (χ1v) is 6.07. The zero-order chi connectivity index (χ0) is 13.1. The molecule has 18 heavy (non-hydrogen) atoms. The Balaban J connectivity index is 2.13. The second-order valence-corrected chi connectivity index (χ2v) is 4.64. The highest BCUT2D eigenvalue weighted by molar-refractivity contribution is 5.69. The van der Waals surface area contributed by atoms with E-state index in [9.17, 15) is 0 Å². The molecule has 0 unspecified atom stereocenters. The predicted octanol–water partition coefficient (Wildman–Crippen LogP) is 2.41. The van der Waals surface area contributed by atoms with Crippen LogP contribution in [-0.2, 0) is 13.6 Å². The zero-order valence-corrected chi connectivity index (χ0v) is 11.4. The molecule has 1 aromatic carbocycles. The highest BCUT2D eigenvalue weighted by Crippen LogP contribution is 2.24. The van der Waals surface area contributed by atoms with Crippen LogP contribution >= 0.6 is 0 Å². The van der Waals surface area contributed by atoms with Crippen LogP contribution in [0.15, 0.2) is 30.5 Å². The molecular weight excluding hydrogens is 224 g/mol. The summed E-state index contributed by atoms with van der Waals surface area (Å²) >= 11 is 0. The van der Waals surface area contributed by atoms with Crippen molar-refractivity contribution in [1.29, 1.82) is 0 Å². The predicted molar refractivity (Wildman–Crippen MR) is 76.0 cm³/mol. The average Bonchev–Trinajstić information content (AvgIpc) is 2.68. The molecule has 0 amide bonds. The van der Waals surface area contributed by atoms with E-state index < -0.39 is 0 Å². The monoisotopic (exact) mass is 244 g/mol. The SMILES string of the molecule is Cc1c(CNc2ccccc2N(C)C)cnn1C. The lowest BCUT2D eigenvalue weighted by atomic mass is 10.2. The molecule has 0 aliphatic rings. The quantitative estimate of drug-likeness (QED) is 0.896. The summed E-state index contributed by atoms with van der Waals surface area (Å²) in [4.78, 5) is 2.11. The zero-order valence-electron chi connectivity index (χ0n) is 11.4. The van der Waals surface area contributed by atoms with E-state index in [4.69, 9.17) is 0 Å². The van der Waals surface area contributed by atoms with Crippen molar-refractivity contribution in [2.45, 2.75) is 13.5 Å². The van der Waals surface area contributed by atoms with E-state index >= 15 is 0 Å². The normalized spacial score (nSPS) is 10.4. The second-order valence-electron chi connectivity index (χ2n) is 4.64. The molecule has 0 bridgehead atoms. The van der Waals surface area contributed by atoms with Crippen LogP contribution in [0.5, 0.6) is 0 Å². The van der Waals surface area contributed by atoms with Gasteiger partial charge < -0.3 is 10.2 Å². The Hall–Kier alpha value is -1.97. The largest absolute Gasteiger partial charge is 0.379 e. The van der Waals surface area contributed by atoms with Crippen molar-refractivity contribution in [2.24, 2.45) is 7.05 Å². The van der Waals surface area contributed by atoms with Crippen LogP contribution in [0, 0.1) is 6.92 Å². The van der Waals surface area contributed by atoms with Crippen molar-refractivity contribution in [1.82, 2.24) is 9.78 Å². The fourth-order valence-electron chi connectivity index (χ4n) is 1.92. The molecule has 96 valence electrons. The Kier molecular flexibility index (Phi) is 3.55. The second kappa shape index (κ2) is 5.12. The summed E-state index contributed by atoms with van der Waals surface area (Å²) < 4.78 is 1.90. The molecular formula is C14H20N4. The number of aromatic nitrogens is 2. The molecule has 2 aromatic rings. The number of benzene rings is 1. The van der Waals surface area contributed by atoms with Crippen molar-refractivity contribution in [3.05, 3.63) is 41.7 Å². The summed E-state index contributed by atoms with van der Waals surface area (Å²) in [6.07, 6.45) is 1.92. The molecule has 1 heterocycles. The standard InChI is InChI=1S/C14H20N4/c1-11-12(10-16-18(11)4)9-15-13-7-5-6-8-14(13)17(2)3/h5-8,10,15H,9H2,1-4H3. The fourth-order valence-corrected chi connectivity index (χ4v) is 1.92. The lowest BCUT2D eigenvalue weighted by Gasteiger charge is -2.18.